The Morgan fingerprint density at radius 3 is 2.38 bits per heavy atom. The van der Waals surface area contributed by atoms with Crippen LogP contribution < -0.4 is 10.6 Å². The fraction of sp³-hybridized carbons (Fsp3) is 0.300. The van der Waals surface area contributed by atoms with Gasteiger partial charge in [-0.1, -0.05) is 30.3 Å². The summed E-state index contributed by atoms with van der Waals surface area (Å²) in [6.07, 6.45) is -0.672. The normalized spacial score (nSPS) is 12.9. The first-order valence-electron chi connectivity index (χ1n) is 8.42. The van der Waals surface area contributed by atoms with Crippen LogP contribution in [0.5, 0.6) is 0 Å². The molecule has 2 amide bonds. The summed E-state index contributed by atoms with van der Waals surface area (Å²) < 4.78 is 0. The van der Waals surface area contributed by atoms with E-state index in [0.717, 1.165) is 5.56 Å². The molecule has 136 valence electrons. The van der Waals surface area contributed by atoms with Crippen LogP contribution in [0, 0.1) is 17.2 Å². The number of amides is 2. The molecule has 2 aromatic rings. The number of aliphatic hydroxyl groups is 1. The molecular weight excluding hydrogens is 328 g/mol. The van der Waals surface area contributed by atoms with Gasteiger partial charge in [0, 0.05) is 24.7 Å². The number of nitrogens with zero attached hydrogens (tertiary/aromatic N) is 2. The van der Waals surface area contributed by atoms with Crippen LogP contribution in [0.2, 0.25) is 0 Å². The minimum atomic E-state index is -0.672. The van der Waals surface area contributed by atoms with Crippen molar-refractivity contribution in [3.63, 3.8) is 0 Å². The fourth-order valence-electron chi connectivity index (χ4n) is 2.69. The van der Waals surface area contributed by atoms with Crippen LogP contribution in [0.3, 0.4) is 0 Å². The zero-order valence-corrected chi connectivity index (χ0v) is 15.0. The Hall–Kier alpha value is -2.88. The molecule has 2 atom stereocenters. The summed E-state index contributed by atoms with van der Waals surface area (Å²) in [7, 11) is 3.86. The molecule has 0 radical (unpaired) electrons. The molecule has 2 rings (SSSR count). The van der Waals surface area contributed by atoms with E-state index < -0.39 is 6.10 Å². The third-order valence-electron chi connectivity index (χ3n) is 3.98. The Kier molecular flexibility index (Phi) is 7.15. The Balaban J connectivity index is 1.95. The number of aliphatic hydroxyl groups excluding tert-OH is 1. The van der Waals surface area contributed by atoms with Gasteiger partial charge in [0.2, 0.25) is 0 Å². The van der Waals surface area contributed by atoms with Gasteiger partial charge in [0.25, 0.3) is 0 Å². The number of nitrogens with one attached hydrogen (secondary N) is 2. The highest BCUT2D eigenvalue weighted by Crippen LogP contribution is 2.22. The third kappa shape index (κ3) is 5.88. The van der Waals surface area contributed by atoms with E-state index >= 15 is 0 Å². The molecule has 0 saturated heterocycles. The SMILES string of the molecule is CN(C)CC(CNC(=O)Nc1ccc(C#N)cc1)C(O)c1ccccc1. The highest BCUT2D eigenvalue weighted by Gasteiger charge is 2.22. The van der Waals surface area contributed by atoms with Gasteiger partial charge in [-0.05, 0) is 43.9 Å². The van der Waals surface area contributed by atoms with E-state index in [9.17, 15) is 9.90 Å². The van der Waals surface area contributed by atoms with Gasteiger partial charge in [0.15, 0.2) is 0 Å². The van der Waals surface area contributed by atoms with Gasteiger partial charge < -0.3 is 20.6 Å². The van der Waals surface area contributed by atoms with E-state index in [1.54, 1.807) is 24.3 Å². The minimum absolute atomic E-state index is 0.154. The second-order valence-corrected chi connectivity index (χ2v) is 6.40. The maximum atomic E-state index is 12.1. The van der Waals surface area contributed by atoms with Crippen molar-refractivity contribution in [3.8, 4) is 6.07 Å². The number of carbonyl (C=O) groups excluding carboxylic acids is 1. The number of hydrogen-bond acceptors (Lipinski definition) is 4. The number of nitriles is 1. The van der Waals surface area contributed by atoms with Crippen molar-refractivity contribution >= 4 is 11.7 Å². The lowest BCUT2D eigenvalue weighted by Crippen LogP contribution is -2.39. The number of anilines is 1. The average molecular weight is 352 g/mol. The minimum Gasteiger partial charge on any atom is -0.388 e. The Morgan fingerprint density at radius 1 is 1.15 bits per heavy atom. The first kappa shape index (κ1) is 19.4. The number of carbonyl (C=O) groups is 1. The number of rotatable bonds is 7. The van der Waals surface area contributed by atoms with E-state index in [0.29, 0.717) is 24.3 Å². The molecule has 2 aromatic carbocycles. The molecule has 0 spiro atoms. The molecule has 2 unspecified atom stereocenters. The highest BCUT2D eigenvalue weighted by molar-refractivity contribution is 5.89. The van der Waals surface area contributed by atoms with Crippen LogP contribution in [-0.2, 0) is 0 Å². The van der Waals surface area contributed by atoms with Gasteiger partial charge in [-0.2, -0.15) is 5.26 Å². The summed E-state index contributed by atoms with van der Waals surface area (Å²) in [6, 6.07) is 17.8. The van der Waals surface area contributed by atoms with Gasteiger partial charge in [-0.25, -0.2) is 4.79 Å². The van der Waals surface area contributed by atoms with Gasteiger partial charge in [0.1, 0.15) is 0 Å². The summed E-state index contributed by atoms with van der Waals surface area (Å²) in [5.41, 5.74) is 1.97. The monoisotopic (exact) mass is 352 g/mol. The van der Waals surface area contributed by atoms with Crippen LogP contribution in [-0.4, -0.2) is 43.2 Å². The zero-order valence-electron chi connectivity index (χ0n) is 15.0. The molecule has 6 nitrogen and oxygen atoms in total. The Labute approximate surface area is 154 Å². The topological polar surface area (TPSA) is 88.4 Å². The maximum Gasteiger partial charge on any atom is 0.319 e. The molecule has 0 heterocycles. The van der Waals surface area contributed by atoms with E-state index in [2.05, 4.69) is 10.6 Å². The molecule has 0 saturated carbocycles. The average Bonchev–Trinajstić information content (AvgIpc) is 2.65. The maximum absolute atomic E-state index is 12.1. The quantitative estimate of drug-likeness (QED) is 0.715. The Bertz CT molecular complexity index is 739. The molecule has 0 aliphatic carbocycles. The second-order valence-electron chi connectivity index (χ2n) is 6.40. The summed E-state index contributed by atoms with van der Waals surface area (Å²) >= 11 is 0. The first-order chi connectivity index (χ1) is 12.5. The summed E-state index contributed by atoms with van der Waals surface area (Å²) in [6.45, 7) is 0.962. The molecule has 0 bridgehead atoms. The van der Waals surface area contributed by atoms with E-state index in [-0.39, 0.29) is 11.9 Å². The van der Waals surface area contributed by atoms with Crippen LogP contribution in [0.15, 0.2) is 54.6 Å². The van der Waals surface area contributed by atoms with Crippen molar-refractivity contribution < 1.29 is 9.90 Å². The van der Waals surface area contributed by atoms with E-state index in [1.165, 1.54) is 0 Å². The van der Waals surface area contributed by atoms with Crippen LogP contribution in [0.1, 0.15) is 17.2 Å². The molecule has 3 N–H and O–H groups in total. The number of hydrogen-bond donors (Lipinski definition) is 3. The summed E-state index contributed by atoms with van der Waals surface area (Å²) in [4.78, 5) is 14.1. The van der Waals surface area contributed by atoms with Crippen molar-refractivity contribution in [3.05, 3.63) is 65.7 Å². The van der Waals surface area contributed by atoms with Crippen molar-refractivity contribution in [1.29, 1.82) is 5.26 Å². The zero-order chi connectivity index (χ0) is 18.9. The highest BCUT2D eigenvalue weighted by atomic mass is 16.3. The molecule has 6 heteroatoms. The van der Waals surface area contributed by atoms with E-state index in [1.807, 2.05) is 55.4 Å². The third-order valence-corrected chi connectivity index (χ3v) is 3.98. The lowest BCUT2D eigenvalue weighted by Gasteiger charge is -2.26. The summed E-state index contributed by atoms with van der Waals surface area (Å²) in [5, 5.41) is 25.0. The van der Waals surface area contributed by atoms with Gasteiger partial charge in [0.05, 0.1) is 17.7 Å². The smallest absolute Gasteiger partial charge is 0.319 e. The summed E-state index contributed by atoms with van der Waals surface area (Å²) in [5.74, 6) is -0.154. The van der Waals surface area contributed by atoms with E-state index in [4.69, 9.17) is 5.26 Å². The van der Waals surface area contributed by atoms with Crippen LogP contribution in [0.4, 0.5) is 10.5 Å². The molecule has 0 aliphatic rings. The van der Waals surface area contributed by atoms with Gasteiger partial charge in [-0.15, -0.1) is 0 Å². The molecule has 0 aliphatic heterocycles. The number of benzene rings is 2. The molecule has 26 heavy (non-hydrogen) atoms. The van der Waals surface area contributed by atoms with Crippen molar-refractivity contribution in [2.45, 2.75) is 6.10 Å². The standard InChI is InChI=1S/C20H24N4O2/c1-24(2)14-17(19(25)16-6-4-3-5-7-16)13-22-20(26)23-18-10-8-15(12-21)9-11-18/h3-11,17,19,25H,13-14H2,1-2H3,(H2,22,23,26). The van der Waals surface area contributed by atoms with Crippen LogP contribution >= 0.6 is 0 Å². The predicted octanol–water partition coefficient (Wildman–Crippen LogP) is 2.59. The molecular formula is C20H24N4O2. The second kappa shape index (κ2) is 9.56. The molecule has 0 aromatic heterocycles. The van der Waals surface area contributed by atoms with Crippen molar-refractivity contribution in [2.75, 3.05) is 32.5 Å². The molecule has 0 fully saturated rings. The van der Waals surface area contributed by atoms with Crippen molar-refractivity contribution in [1.82, 2.24) is 10.2 Å². The Morgan fingerprint density at radius 2 is 1.81 bits per heavy atom. The van der Waals surface area contributed by atoms with Gasteiger partial charge in [-0.3, -0.25) is 0 Å². The largest absolute Gasteiger partial charge is 0.388 e. The fourth-order valence-corrected chi connectivity index (χ4v) is 2.69. The lowest BCUT2D eigenvalue weighted by atomic mass is 9.95. The predicted molar refractivity (Wildman–Crippen MR) is 102 cm³/mol. The van der Waals surface area contributed by atoms with Crippen molar-refractivity contribution in [2.24, 2.45) is 5.92 Å². The van der Waals surface area contributed by atoms with Crippen LogP contribution in [0.25, 0.3) is 0 Å². The lowest BCUT2D eigenvalue weighted by molar-refractivity contribution is 0.0911. The van der Waals surface area contributed by atoms with Gasteiger partial charge >= 0.3 is 6.03 Å². The number of urea groups is 1. The first-order valence-corrected chi connectivity index (χ1v) is 8.42.